The topological polar surface area (TPSA) is 132 Å². The van der Waals surface area contributed by atoms with E-state index in [4.69, 9.17) is 21.4 Å². The van der Waals surface area contributed by atoms with Gasteiger partial charge in [0.1, 0.15) is 16.9 Å². The minimum absolute atomic E-state index is 0.0551. The molecule has 4 heterocycles. The number of aryl methyl sites for hydroxylation is 1. The molecule has 4 N–H and O–H groups in total. The van der Waals surface area contributed by atoms with Gasteiger partial charge in [0.25, 0.3) is 0 Å². The standard InChI is InChI=1S/C33H45N9OS/c1-21-19-39(2)13-6-14-42(21)31-37-24(17-26(38-31)41-16-15-40(3)32(20-41)11-12-32)28(35)22-7-4-9-33(29(22)43)10-5-8-25-27(33)23(18-34)30(36)44-25/h17,21H,4-16,19-20,35-36H2,1-3H3/t21-,33-/m0/s1. The number of allylic oxidation sites excluding steroid dienone is 1. The number of anilines is 3. The van der Waals surface area contributed by atoms with Gasteiger partial charge in [-0.15, -0.1) is 11.3 Å². The van der Waals surface area contributed by atoms with Crippen molar-refractivity contribution in [2.24, 2.45) is 5.73 Å². The second-order valence-corrected chi connectivity index (χ2v) is 15.0. The zero-order valence-electron chi connectivity index (χ0n) is 26.4. The van der Waals surface area contributed by atoms with Crippen molar-refractivity contribution in [3.63, 3.8) is 0 Å². The van der Waals surface area contributed by atoms with Crippen LogP contribution >= 0.6 is 11.3 Å². The summed E-state index contributed by atoms with van der Waals surface area (Å²) in [7, 11) is 4.41. The van der Waals surface area contributed by atoms with Crippen molar-refractivity contribution >= 4 is 39.6 Å². The maximum Gasteiger partial charge on any atom is 0.228 e. The summed E-state index contributed by atoms with van der Waals surface area (Å²) in [6, 6.07) is 4.60. The first kappa shape index (κ1) is 29.5. The molecule has 2 aromatic rings. The summed E-state index contributed by atoms with van der Waals surface area (Å²) in [5.41, 5.74) is 16.0. The monoisotopic (exact) mass is 615 g/mol. The SMILES string of the molecule is C[C@H]1CN(C)CCCN1c1nc(C(N)=C2CCC[C@@]3(CCCc4sc(N)c(C#N)c43)C2=O)cc(N2CCN(C)C3(CC3)C2)n1. The number of nitrogens with zero attached hydrogens (tertiary/aromatic N) is 7. The van der Waals surface area contributed by atoms with Crippen molar-refractivity contribution in [3.05, 3.63) is 33.3 Å². The van der Waals surface area contributed by atoms with Crippen LogP contribution in [0.4, 0.5) is 16.8 Å². The number of ketones is 1. The minimum atomic E-state index is -0.733. The van der Waals surface area contributed by atoms with Crippen LogP contribution in [-0.4, -0.2) is 90.5 Å². The molecule has 3 aliphatic carbocycles. The van der Waals surface area contributed by atoms with Gasteiger partial charge < -0.3 is 26.2 Å². The number of nitriles is 1. The molecule has 2 aromatic heterocycles. The number of aromatic nitrogens is 2. The molecule has 0 bridgehead atoms. The summed E-state index contributed by atoms with van der Waals surface area (Å²) in [6.07, 6.45) is 8.13. The molecule has 7 rings (SSSR count). The van der Waals surface area contributed by atoms with E-state index in [0.29, 0.717) is 39.9 Å². The quantitative estimate of drug-likeness (QED) is 0.495. The van der Waals surface area contributed by atoms with Crippen LogP contribution in [0, 0.1) is 11.3 Å². The molecule has 5 aliphatic rings. The first-order valence-corrected chi connectivity index (χ1v) is 17.1. The van der Waals surface area contributed by atoms with Crippen LogP contribution in [0.25, 0.3) is 5.70 Å². The molecule has 2 saturated heterocycles. The van der Waals surface area contributed by atoms with Crippen LogP contribution in [0.5, 0.6) is 0 Å². The molecular weight excluding hydrogens is 570 g/mol. The van der Waals surface area contributed by atoms with E-state index in [9.17, 15) is 10.1 Å². The van der Waals surface area contributed by atoms with Crippen molar-refractivity contribution < 1.29 is 4.79 Å². The van der Waals surface area contributed by atoms with Crippen molar-refractivity contribution in [2.75, 3.05) is 68.9 Å². The molecular formula is C33H45N9OS. The van der Waals surface area contributed by atoms with E-state index in [1.807, 2.05) is 6.07 Å². The van der Waals surface area contributed by atoms with Crippen LogP contribution in [-0.2, 0) is 16.6 Å². The summed E-state index contributed by atoms with van der Waals surface area (Å²) in [5, 5.41) is 10.6. The number of hydrogen-bond acceptors (Lipinski definition) is 11. The molecule has 2 aliphatic heterocycles. The van der Waals surface area contributed by atoms with E-state index in [0.717, 1.165) is 94.1 Å². The van der Waals surface area contributed by atoms with Gasteiger partial charge in [-0.2, -0.15) is 10.2 Å². The van der Waals surface area contributed by atoms with Crippen molar-refractivity contribution in [2.45, 2.75) is 81.7 Å². The van der Waals surface area contributed by atoms with Crippen LogP contribution in [0.3, 0.4) is 0 Å². The molecule has 2 spiro atoms. The summed E-state index contributed by atoms with van der Waals surface area (Å²) in [4.78, 5) is 35.6. The van der Waals surface area contributed by atoms with Gasteiger partial charge in [0.05, 0.1) is 22.4 Å². The van der Waals surface area contributed by atoms with Crippen LogP contribution in [0.15, 0.2) is 11.6 Å². The van der Waals surface area contributed by atoms with Gasteiger partial charge in [0.2, 0.25) is 5.95 Å². The van der Waals surface area contributed by atoms with E-state index in [-0.39, 0.29) is 17.4 Å². The molecule has 0 radical (unpaired) electrons. The Labute approximate surface area is 264 Å². The van der Waals surface area contributed by atoms with Gasteiger partial charge in [0.15, 0.2) is 5.78 Å². The number of rotatable bonds is 3. The second kappa shape index (κ2) is 11.0. The van der Waals surface area contributed by atoms with Crippen molar-refractivity contribution in [1.29, 1.82) is 5.26 Å². The highest BCUT2D eigenvalue weighted by Crippen LogP contribution is 2.52. The lowest BCUT2D eigenvalue weighted by atomic mass is 9.61. The van der Waals surface area contributed by atoms with Gasteiger partial charge >= 0.3 is 0 Å². The first-order valence-electron chi connectivity index (χ1n) is 16.3. The zero-order chi connectivity index (χ0) is 30.8. The van der Waals surface area contributed by atoms with Gasteiger partial charge in [0, 0.05) is 60.8 Å². The molecule has 0 unspecified atom stereocenters. The number of nitrogens with two attached hydrogens (primary N) is 2. The summed E-state index contributed by atoms with van der Waals surface area (Å²) < 4.78 is 0. The third-order valence-corrected chi connectivity index (χ3v) is 12.2. The average molecular weight is 616 g/mol. The van der Waals surface area contributed by atoms with E-state index >= 15 is 0 Å². The Bertz CT molecular complexity index is 1550. The predicted molar refractivity (Wildman–Crippen MR) is 176 cm³/mol. The summed E-state index contributed by atoms with van der Waals surface area (Å²) in [5.74, 6) is 1.65. The van der Waals surface area contributed by atoms with Gasteiger partial charge in [-0.05, 0) is 90.9 Å². The normalized spacial score (nSPS) is 28.6. The molecule has 2 saturated carbocycles. The smallest absolute Gasteiger partial charge is 0.228 e. The lowest BCUT2D eigenvalue weighted by molar-refractivity contribution is -0.122. The molecule has 11 heteroatoms. The number of nitrogen functional groups attached to an aromatic ring is 1. The minimum Gasteiger partial charge on any atom is -0.397 e. The number of likely N-dealkylation sites (N-methyl/N-ethyl adjacent to an activating group) is 2. The lowest BCUT2D eigenvalue weighted by Gasteiger charge is -2.41. The van der Waals surface area contributed by atoms with Crippen LogP contribution in [0.2, 0.25) is 0 Å². The fourth-order valence-corrected chi connectivity index (χ4v) is 9.56. The Balaban J connectivity index is 1.32. The maximum atomic E-state index is 14.6. The summed E-state index contributed by atoms with van der Waals surface area (Å²) >= 11 is 1.48. The lowest BCUT2D eigenvalue weighted by Crippen LogP contribution is -2.53. The Morgan fingerprint density at radius 1 is 1.07 bits per heavy atom. The number of fused-ring (bicyclic) bond motifs is 2. The average Bonchev–Trinajstić information content (AvgIpc) is 3.73. The molecule has 0 aromatic carbocycles. The van der Waals surface area contributed by atoms with E-state index in [2.05, 4.69) is 46.7 Å². The Hall–Kier alpha value is -3.20. The number of piperazine rings is 1. The highest BCUT2D eigenvalue weighted by atomic mass is 32.1. The molecule has 234 valence electrons. The fraction of sp³-hybridized carbons (Fsp3) is 0.636. The van der Waals surface area contributed by atoms with E-state index < -0.39 is 5.41 Å². The molecule has 0 amide bonds. The Morgan fingerprint density at radius 2 is 1.84 bits per heavy atom. The number of thiophene rings is 1. The third kappa shape index (κ3) is 4.77. The van der Waals surface area contributed by atoms with Crippen molar-refractivity contribution in [1.82, 2.24) is 19.8 Å². The van der Waals surface area contributed by atoms with Gasteiger partial charge in [-0.1, -0.05) is 0 Å². The second-order valence-electron chi connectivity index (χ2n) is 13.9. The van der Waals surface area contributed by atoms with Crippen LogP contribution < -0.4 is 21.3 Å². The molecule has 44 heavy (non-hydrogen) atoms. The third-order valence-electron chi connectivity index (χ3n) is 11.1. The van der Waals surface area contributed by atoms with Gasteiger partial charge in [-0.3, -0.25) is 9.69 Å². The zero-order valence-corrected chi connectivity index (χ0v) is 27.2. The number of Topliss-reactive ketones (excluding diaryl/α,β-unsaturated/α-hetero) is 1. The number of hydrogen-bond donors (Lipinski definition) is 2. The highest BCUT2D eigenvalue weighted by Gasteiger charge is 2.51. The number of carbonyl (C=O) groups excluding carboxylic acids is 1. The van der Waals surface area contributed by atoms with E-state index in [1.165, 1.54) is 24.2 Å². The highest BCUT2D eigenvalue weighted by molar-refractivity contribution is 7.16. The number of carbonyl (C=O) groups is 1. The van der Waals surface area contributed by atoms with Crippen molar-refractivity contribution in [3.8, 4) is 6.07 Å². The van der Waals surface area contributed by atoms with E-state index in [1.54, 1.807) is 0 Å². The Kier molecular flexibility index (Phi) is 7.38. The van der Waals surface area contributed by atoms with Crippen LogP contribution in [0.1, 0.15) is 80.0 Å². The molecule has 10 nitrogen and oxygen atoms in total. The van der Waals surface area contributed by atoms with Gasteiger partial charge in [-0.25, -0.2) is 4.98 Å². The maximum absolute atomic E-state index is 14.6. The largest absolute Gasteiger partial charge is 0.397 e. The fourth-order valence-electron chi connectivity index (χ4n) is 8.40. The predicted octanol–water partition coefficient (Wildman–Crippen LogP) is 3.50. The molecule has 2 atom stereocenters. The molecule has 4 fully saturated rings. The Morgan fingerprint density at radius 3 is 2.59 bits per heavy atom. The first-order chi connectivity index (χ1) is 21.2. The summed E-state index contributed by atoms with van der Waals surface area (Å²) in [6.45, 7) is 7.91.